The number of alkyl halides is 3. The lowest BCUT2D eigenvalue weighted by Crippen LogP contribution is -2.15. The third-order valence-corrected chi connectivity index (χ3v) is 3.20. The van der Waals surface area contributed by atoms with E-state index in [1.54, 1.807) is 6.07 Å². The molecule has 1 aliphatic carbocycles. The van der Waals surface area contributed by atoms with E-state index in [4.69, 9.17) is 0 Å². The summed E-state index contributed by atoms with van der Waals surface area (Å²) in [5.41, 5.74) is 1.33. The van der Waals surface area contributed by atoms with Crippen molar-refractivity contribution in [3.05, 3.63) is 34.9 Å². The summed E-state index contributed by atoms with van der Waals surface area (Å²) in [5, 5.41) is 0. The van der Waals surface area contributed by atoms with Gasteiger partial charge in [0, 0.05) is 0 Å². The van der Waals surface area contributed by atoms with Gasteiger partial charge in [-0.15, -0.1) is 0 Å². The first-order valence-corrected chi connectivity index (χ1v) is 6.91. The second-order valence-corrected chi connectivity index (χ2v) is 5.82. The zero-order valence-electron chi connectivity index (χ0n) is 12.4. The van der Waals surface area contributed by atoms with E-state index in [9.17, 15) is 13.2 Å². The lowest BCUT2D eigenvalue weighted by molar-refractivity contribution is -0.137. The molecule has 1 aromatic rings. The normalized spacial score (nSPS) is 15.8. The average Bonchev–Trinajstić information content (AvgIpc) is 3.12. The molecule has 1 fully saturated rings. The van der Waals surface area contributed by atoms with Crippen LogP contribution < -0.4 is 0 Å². The van der Waals surface area contributed by atoms with Crippen LogP contribution in [0.5, 0.6) is 0 Å². The maximum atomic E-state index is 12.7. The van der Waals surface area contributed by atoms with E-state index in [0.717, 1.165) is 24.0 Å². The Morgan fingerprint density at radius 1 is 1.00 bits per heavy atom. The van der Waals surface area contributed by atoms with Crippen molar-refractivity contribution in [1.29, 1.82) is 0 Å². The second-order valence-electron chi connectivity index (χ2n) is 5.82. The van der Waals surface area contributed by atoms with E-state index >= 15 is 0 Å². The first-order chi connectivity index (χ1) is 8.69. The molecule has 1 aliphatic rings. The average molecular weight is 272 g/mol. The van der Waals surface area contributed by atoms with Gasteiger partial charge in [-0.2, -0.15) is 13.2 Å². The Balaban J connectivity index is 0.000000861. The van der Waals surface area contributed by atoms with Gasteiger partial charge in [0.25, 0.3) is 0 Å². The summed E-state index contributed by atoms with van der Waals surface area (Å²) in [6.45, 7) is 10.1. The molecule has 108 valence electrons. The molecule has 0 bridgehead atoms. The summed E-state index contributed by atoms with van der Waals surface area (Å²) >= 11 is 0. The molecule has 2 rings (SSSR count). The maximum absolute atomic E-state index is 12.7. The Bertz CT molecular complexity index is 421. The van der Waals surface area contributed by atoms with Crippen LogP contribution in [0.25, 0.3) is 0 Å². The number of rotatable bonds is 1. The third-order valence-electron chi connectivity index (χ3n) is 3.20. The summed E-state index contributed by atoms with van der Waals surface area (Å²) in [6, 6.07) is 4.20. The minimum absolute atomic E-state index is 0.0952. The molecule has 0 N–H and O–H groups in total. The molecule has 0 saturated heterocycles. The van der Waals surface area contributed by atoms with Crippen LogP contribution in [0.3, 0.4) is 0 Å². The van der Waals surface area contributed by atoms with Crippen LogP contribution in [0, 0.1) is 0 Å². The molecule has 0 aromatic heterocycles. The molecule has 19 heavy (non-hydrogen) atoms. The summed E-state index contributed by atoms with van der Waals surface area (Å²) < 4.78 is 38.0. The minimum atomic E-state index is -4.24. The smallest absolute Gasteiger partial charge is 0.166 e. The highest BCUT2D eigenvalue weighted by Gasteiger charge is 2.35. The molecule has 0 aliphatic heterocycles. The SMILES string of the molecule is CC.CC(C)(C)c1ccc(C(F)(F)F)cc1C1CC1. The second kappa shape index (κ2) is 5.56. The van der Waals surface area contributed by atoms with Crippen molar-refractivity contribution in [2.24, 2.45) is 0 Å². The number of hydrogen-bond donors (Lipinski definition) is 0. The highest BCUT2D eigenvalue weighted by molar-refractivity contribution is 5.41. The van der Waals surface area contributed by atoms with Crippen LogP contribution in [-0.4, -0.2) is 0 Å². The summed E-state index contributed by atoms with van der Waals surface area (Å²) in [7, 11) is 0. The fraction of sp³-hybridized carbons (Fsp3) is 0.625. The van der Waals surface area contributed by atoms with E-state index in [-0.39, 0.29) is 5.41 Å². The van der Waals surface area contributed by atoms with Crippen molar-refractivity contribution in [2.75, 3.05) is 0 Å². The highest BCUT2D eigenvalue weighted by atomic mass is 19.4. The lowest BCUT2D eigenvalue weighted by Gasteiger charge is -2.24. The van der Waals surface area contributed by atoms with Gasteiger partial charge >= 0.3 is 6.18 Å². The molecule has 3 heteroatoms. The molecule has 0 atom stereocenters. The molecule has 0 unspecified atom stereocenters. The Hall–Kier alpha value is -0.990. The van der Waals surface area contributed by atoms with E-state index in [2.05, 4.69) is 0 Å². The van der Waals surface area contributed by atoms with Crippen LogP contribution in [0.15, 0.2) is 18.2 Å². The molecule has 0 spiro atoms. The van der Waals surface area contributed by atoms with E-state index < -0.39 is 11.7 Å². The molecular weight excluding hydrogens is 249 g/mol. The third kappa shape index (κ3) is 3.99. The van der Waals surface area contributed by atoms with E-state index in [1.807, 2.05) is 34.6 Å². The Kier molecular flexibility index (Phi) is 4.70. The molecular formula is C16H23F3. The van der Waals surface area contributed by atoms with Gasteiger partial charge in [-0.1, -0.05) is 40.7 Å². The predicted molar refractivity (Wildman–Crippen MR) is 73.5 cm³/mol. The first kappa shape index (κ1) is 16.1. The topological polar surface area (TPSA) is 0 Å². The predicted octanol–water partition coefficient (Wildman–Crippen LogP) is 5.91. The largest absolute Gasteiger partial charge is 0.416 e. The molecule has 1 aromatic carbocycles. The zero-order chi connectivity index (χ0) is 14.8. The van der Waals surface area contributed by atoms with Crippen LogP contribution >= 0.6 is 0 Å². The molecule has 0 amide bonds. The summed E-state index contributed by atoms with van der Waals surface area (Å²) in [4.78, 5) is 0. The van der Waals surface area contributed by atoms with E-state index in [0.29, 0.717) is 5.92 Å². The number of hydrogen-bond acceptors (Lipinski definition) is 0. The zero-order valence-corrected chi connectivity index (χ0v) is 12.4. The van der Waals surface area contributed by atoms with Gasteiger partial charge in [-0.05, 0) is 47.4 Å². The van der Waals surface area contributed by atoms with Crippen LogP contribution in [-0.2, 0) is 11.6 Å². The van der Waals surface area contributed by atoms with Crippen LogP contribution in [0.2, 0.25) is 0 Å². The van der Waals surface area contributed by atoms with Crippen LogP contribution in [0.1, 0.15) is 70.1 Å². The standard InChI is InChI=1S/C14H17F3.C2H6/c1-13(2,3)12-7-6-10(14(15,16)17)8-11(12)9-4-5-9;1-2/h6-9H,4-5H2,1-3H3;1-2H3. The summed E-state index contributed by atoms with van der Waals surface area (Å²) in [6.07, 6.45) is -2.20. The van der Waals surface area contributed by atoms with Crippen molar-refractivity contribution in [1.82, 2.24) is 0 Å². The Morgan fingerprint density at radius 3 is 1.89 bits per heavy atom. The lowest BCUT2D eigenvalue weighted by atomic mass is 9.81. The fourth-order valence-corrected chi connectivity index (χ4v) is 2.15. The molecule has 0 radical (unpaired) electrons. The van der Waals surface area contributed by atoms with Gasteiger partial charge in [-0.25, -0.2) is 0 Å². The van der Waals surface area contributed by atoms with Gasteiger partial charge in [0.2, 0.25) is 0 Å². The monoisotopic (exact) mass is 272 g/mol. The Morgan fingerprint density at radius 2 is 1.53 bits per heavy atom. The van der Waals surface area contributed by atoms with Crippen LogP contribution in [0.4, 0.5) is 13.2 Å². The van der Waals surface area contributed by atoms with Gasteiger partial charge < -0.3 is 0 Å². The minimum Gasteiger partial charge on any atom is -0.166 e. The molecule has 0 nitrogen and oxygen atoms in total. The van der Waals surface area contributed by atoms with Crippen molar-refractivity contribution in [3.8, 4) is 0 Å². The number of benzene rings is 1. The summed E-state index contributed by atoms with van der Waals surface area (Å²) in [5.74, 6) is 0.339. The molecule has 0 heterocycles. The van der Waals surface area contributed by atoms with Crippen molar-refractivity contribution < 1.29 is 13.2 Å². The highest BCUT2D eigenvalue weighted by Crippen LogP contribution is 2.46. The Labute approximate surface area is 114 Å². The quantitative estimate of drug-likeness (QED) is 0.596. The van der Waals surface area contributed by atoms with Gasteiger partial charge in [-0.3, -0.25) is 0 Å². The maximum Gasteiger partial charge on any atom is 0.416 e. The van der Waals surface area contributed by atoms with Crippen molar-refractivity contribution in [2.45, 2.75) is 65.0 Å². The van der Waals surface area contributed by atoms with Crippen molar-refractivity contribution >= 4 is 0 Å². The first-order valence-electron chi connectivity index (χ1n) is 6.91. The number of halogens is 3. The van der Waals surface area contributed by atoms with Gasteiger partial charge in [0.05, 0.1) is 5.56 Å². The van der Waals surface area contributed by atoms with Gasteiger partial charge in [0.15, 0.2) is 0 Å². The van der Waals surface area contributed by atoms with E-state index in [1.165, 1.54) is 12.1 Å². The molecule has 1 saturated carbocycles. The van der Waals surface area contributed by atoms with Gasteiger partial charge in [0.1, 0.15) is 0 Å². The van der Waals surface area contributed by atoms with Crippen molar-refractivity contribution in [3.63, 3.8) is 0 Å². The fourth-order valence-electron chi connectivity index (χ4n) is 2.15.